The lowest BCUT2D eigenvalue weighted by Crippen LogP contribution is -2.33. The van der Waals surface area contributed by atoms with Gasteiger partial charge >= 0.3 is 0 Å². The van der Waals surface area contributed by atoms with E-state index < -0.39 is 0 Å². The van der Waals surface area contributed by atoms with Gasteiger partial charge in [0, 0.05) is 30.7 Å². The average molecular weight is 296 g/mol. The Morgan fingerprint density at radius 3 is 1.86 bits per heavy atom. The van der Waals surface area contributed by atoms with Crippen molar-refractivity contribution >= 4 is 0 Å². The van der Waals surface area contributed by atoms with Gasteiger partial charge < -0.3 is 0 Å². The third kappa shape index (κ3) is 5.10. The number of hydrogen-bond acceptors (Lipinski definition) is 0. The number of rotatable bonds is 6. The van der Waals surface area contributed by atoms with E-state index in [0.717, 1.165) is 19.0 Å². The molecule has 0 aliphatic carbocycles. The largest absolute Gasteiger partial charge is 0.205 e. The van der Waals surface area contributed by atoms with Crippen molar-refractivity contribution in [2.75, 3.05) is 0 Å². The van der Waals surface area contributed by atoms with Gasteiger partial charge in [-0.1, -0.05) is 19.4 Å². The third-order valence-corrected chi connectivity index (χ3v) is 3.79. The van der Waals surface area contributed by atoms with Crippen LogP contribution in [-0.4, -0.2) is 0 Å². The van der Waals surface area contributed by atoms with Gasteiger partial charge in [0.2, 0.25) is 0 Å². The van der Waals surface area contributed by atoms with Gasteiger partial charge in [0.25, 0.3) is 0 Å². The number of nitrogens with zero attached hydrogens (tertiary/aromatic N) is 2. The zero-order valence-corrected chi connectivity index (χ0v) is 14.3. The van der Waals surface area contributed by atoms with Crippen molar-refractivity contribution in [2.45, 2.75) is 47.2 Å². The Hall–Kier alpha value is -1.96. The van der Waals surface area contributed by atoms with Crippen LogP contribution >= 0.6 is 0 Å². The van der Waals surface area contributed by atoms with Gasteiger partial charge in [-0.25, -0.2) is 9.13 Å². The van der Waals surface area contributed by atoms with Crippen molar-refractivity contribution in [1.29, 1.82) is 0 Å². The Labute approximate surface area is 134 Å². The monoisotopic (exact) mass is 296 g/mol. The molecule has 0 fully saturated rings. The molecule has 0 saturated carbocycles. The van der Waals surface area contributed by atoms with Gasteiger partial charge in [-0.05, 0) is 37.0 Å². The first-order valence-electron chi connectivity index (χ1n) is 8.16. The topological polar surface area (TPSA) is 7.76 Å². The van der Waals surface area contributed by atoms with E-state index in [1.54, 1.807) is 0 Å². The predicted octanol–water partition coefficient (Wildman–Crippen LogP) is 3.94. The molecule has 2 aromatic rings. The maximum atomic E-state index is 2.27. The van der Waals surface area contributed by atoms with Gasteiger partial charge in [0.15, 0.2) is 31.3 Å². The Morgan fingerprint density at radius 1 is 0.909 bits per heavy atom. The fourth-order valence-corrected chi connectivity index (χ4v) is 2.27. The standard InChI is InChI=1S/C20H28N2/c1-17(2)5-11-21-13-7-19(8-14-21)20-9-15-22(16-10-20)12-6-18(3)4/h5,7-10,13-16,18H,6,11-12H2,1-4H3/q+2. The highest BCUT2D eigenvalue weighted by atomic mass is 14.9. The molecule has 2 aromatic heterocycles. The fourth-order valence-electron chi connectivity index (χ4n) is 2.27. The average Bonchev–Trinajstić information content (AvgIpc) is 2.52. The van der Waals surface area contributed by atoms with Crippen molar-refractivity contribution in [2.24, 2.45) is 5.92 Å². The summed E-state index contributed by atoms with van der Waals surface area (Å²) in [7, 11) is 0. The summed E-state index contributed by atoms with van der Waals surface area (Å²) in [4.78, 5) is 0. The van der Waals surface area contributed by atoms with E-state index in [4.69, 9.17) is 0 Å². The second-order valence-corrected chi connectivity index (χ2v) is 6.57. The van der Waals surface area contributed by atoms with Crippen LogP contribution in [0.1, 0.15) is 34.1 Å². The summed E-state index contributed by atoms with van der Waals surface area (Å²) in [6, 6.07) is 8.78. The molecule has 116 valence electrons. The number of aromatic nitrogens is 2. The lowest BCUT2D eigenvalue weighted by Gasteiger charge is -2.03. The second kappa shape index (κ2) is 7.88. The van der Waals surface area contributed by atoms with Gasteiger partial charge in [0.1, 0.15) is 6.54 Å². The van der Waals surface area contributed by atoms with E-state index in [2.05, 4.69) is 92.0 Å². The molecule has 0 spiro atoms. The molecule has 0 saturated heterocycles. The van der Waals surface area contributed by atoms with Gasteiger partial charge in [-0.15, -0.1) is 0 Å². The van der Waals surface area contributed by atoms with Crippen molar-refractivity contribution in [3.8, 4) is 11.1 Å². The Kier molecular flexibility index (Phi) is 5.88. The highest BCUT2D eigenvalue weighted by Crippen LogP contribution is 2.15. The molecule has 0 aromatic carbocycles. The van der Waals surface area contributed by atoms with Gasteiger partial charge in [-0.2, -0.15) is 0 Å². The summed E-state index contributed by atoms with van der Waals surface area (Å²) in [5.41, 5.74) is 3.89. The molecule has 0 amide bonds. The van der Waals surface area contributed by atoms with E-state index in [9.17, 15) is 0 Å². The number of aryl methyl sites for hydroxylation is 1. The second-order valence-electron chi connectivity index (χ2n) is 6.57. The van der Waals surface area contributed by atoms with Crippen LogP contribution in [0.3, 0.4) is 0 Å². The minimum Gasteiger partial charge on any atom is -0.205 e. The molecule has 0 N–H and O–H groups in total. The first kappa shape index (κ1) is 16.4. The van der Waals surface area contributed by atoms with Crippen LogP contribution in [0.4, 0.5) is 0 Å². The molecule has 0 aliphatic heterocycles. The molecule has 0 atom stereocenters. The molecule has 0 radical (unpaired) electrons. The summed E-state index contributed by atoms with van der Waals surface area (Å²) < 4.78 is 4.46. The number of allylic oxidation sites excluding steroid dienone is 2. The van der Waals surface area contributed by atoms with Gasteiger partial charge in [-0.3, -0.25) is 0 Å². The summed E-state index contributed by atoms with van der Waals surface area (Å²) in [6.45, 7) is 10.8. The molecule has 2 rings (SSSR count). The molecule has 2 heterocycles. The van der Waals surface area contributed by atoms with E-state index in [0.29, 0.717) is 0 Å². The molecular weight excluding hydrogens is 268 g/mol. The molecule has 2 heteroatoms. The van der Waals surface area contributed by atoms with Crippen LogP contribution in [0.25, 0.3) is 11.1 Å². The quantitative estimate of drug-likeness (QED) is 0.563. The Bertz CT molecular complexity index is 603. The zero-order chi connectivity index (χ0) is 15.9. The smallest absolute Gasteiger partial charge is 0.169 e. The SMILES string of the molecule is CC(C)=CC[n+]1ccc(-c2cc[n+](CCC(C)C)cc2)cc1. The van der Waals surface area contributed by atoms with Crippen molar-refractivity contribution in [3.63, 3.8) is 0 Å². The van der Waals surface area contributed by atoms with Crippen molar-refractivity contribution < 1.29 is 9.13 Å². The highest BCUT2D eigenvalue weighted by Gasteiger charge is 2.06. The van der Waals surface area contributed by atoms with Crippen molar-refractivity contribution in [1.82, 2.24) is 0 Å². The Morgan fingerprint density at radius 2 is 1.41 bits per heavy atom. The maximum absolute atomic E-state index is 2.27. The molecule has 2 nitrogen and oxygen atoms in total. The molecule has 22 heavy (non-hydrogen) atoms. The summed E-state index contributed by atoms with van der Waals surface area (Å²) >= 11 is 0. The number of hydrogen-bond donors (Lipinski definition) is 0. The zero-order valence-electron chi connectivity index (χ0n) is 14.3. The summed E-state index contributed by atoms with van der Waals surface area (Å²) in [5.74, 6) is 0.748. The lowest BCUT2D eigenvalue weighted by atomic mass is 10.1. The fraction of sp³-hybridized carbons (Fsp3) is 0.400. The van der Waals surface area contributed by atoms with Crippen LogP contribution < -0.4 is 9.13 Å². The molecule has 0 aliphatic rings. The van der Waals surface area contributed by atoms with Crippen LogP contribution in [0.5, 0.6) is 0 Å². The maximum Gasteiger partial charge on any atom is 0.169 e. The highest BCUT2D eigenvalue weighted by molar-refractivity contribution is 5.60. The molecular formula is C20H28N2+2. The predicted molar refractivity (Wildman–Crippen MR) is 91.2 cm³/mol. The van der Waals surface area contributed by atoms with E-state index >= 15 is 0 Å². The Balaban J connectivity index is 2.03. The first-order chi connectivity index (χ1) is 10.5. The minimum atomic E-state index is 0.748. The van der Waals surface area contributed by atoms with Crippen molar-refractivity contribution in [3.05, 3.63) is 60.7 Å². The first-order valence-corrected chi connectivity index (χ1v) is 8.16. The van der Waals surface area contributed by atoms with E-state index in [-0.39, 0.29) is 0 Å². The summed E-state index contributed by atoms with van der Waals surface area (Å²) in [6.07, 6.45) is 12.1. The van der Waals surface area contributed by atoms with Crippen LogP contribution in [0.2, 0.25) is 0 Å². The number of pyridine rings is 2. The minimum absolute atomic E-state index is 0.748. The third-order valence-electron chi connectivity index (χ3n) is 3.79. The van der Waals surface area contributed by atoms with Gasteiger partial charge in [0.05, 0.1) is 0 Å². The van der Waals surface area contributed by atoms with E-state index in [1.165, 1.54) is 23.1 Å². The lowest BCUT2D eigenvalue weighted by molar-refractivity contribution is -0.698. The normalized spacial score (nSPS) is 10.8. The molecule has 0 bridgehead atoms. The van der Waals surface area contributed by atoms with Crippen LogP contribution in [0.15, 0.2) is 60.7 Å². The summed E-state index contributed by atoms with van der Waals surface area (Å²) in [5, 5.41) is 0. The molecule has 0 unspecified atom stereocenters. The van der Waals surface area contributed by atoms with Crippen LogP contribution in [-0.2, 0) is 13.1 Å². The van der Waals surface area contributed by atoms with E-state index in [1.807, 2.05) is 0 Å². The van der Waals surface area contributed by atoms with Crippen LogP contribution in [0, 0.1) is 5.92 Å².